The van der Waals surface area contributed by atoms with Gasteiger partial charge in [0.05, 0.1) is 12.5 Å². The minimum atomic E-state index is -1.44. The molecular weight excluding hydrogens is 328 g/mol. The highest BCUT2D eigenvalue weighted by Crippen LogP contribution is 2.08. The molecule has 0 fully saturated rings. The number of hydrogen-bond donors (Lipinski definition) is 5. The molecule has 0 aliphatic rings. The molecule has 0 aliphatic heterocycles. The van der Waals surface area contributed by atoms with Gasteiger partial charge in [0.2, 0.25) is 17.7 Å². The van der Waals surface area contributed by atoms with Crippen molar-refractivity contribution in [2.45, 2.75) is 65.1 Å². The molecule has 0 aromatic carbocycles. The minimum absolute atomic E-state index is 0.0665. The van der Waals surface area contributed by atoms with Gasteiger partial charge in [0.25, 0.3) is 0 Å². The van der Waals surface area contributed by atoms with Crippen LogP contribution in [-0.2, 0) is 19.2 Å². The maximum atomic E-state index is 12.4. The van der Waals surface area contributed by atoms with Crippen LogP contribution in [0.25, 0.3) is 0 Å². The van der Waals surface area contributed by atoms with Crippen molar-refractivity contribution < 1.29 is 24.3 Å². The summed E-state index contributed by atoms with van der Waals surface area (Å²) in [6, 6.07) is -3.15. The molecule has 7 N–H and O–H groups in total. The summed E-state index contributed by atoms with van der Waals surface area (Å²) in [6.07, 6.45) is 0.229. The van der Waals surface area contributed by atoms with E-state index in [2.05, 4.69) is 10.6 Å². The summed E-state index contributed by atoms with van der Waals surface area (Å²) in [4.78, 5) is 46.6. The van der Waals surface area contributed by atoms with E-state index in [4.69, 9.17) is 16.6 Å². The van der Waals surface area contributed by atoms with Gasteiger partial charge < -0.3 is 27.2 Å². The van der Waals surface area contributed by atoms with Crippen molar-refractivity contribution in [3.8, 4) is 0 Å². The molecule has 0 heterocycles. The Balaban J connectivity index is 5.05. The van der Waals surface area contributed by atoms with Gasteiger partial charge in [-0.15, -0.1) is 0 Å². The van der Waals surface area contributed by atoms with E-state index in [1.54, 1.807) is 0 Å². The van der Waals surface area contributed by atoms with Crippen LogP contribution in [0.5, 0.6) is 0 Å². The van der Waals surface area contributed by atoms with Crippen molar-refractivity contribution >= 4 is 23.7 Å². The van der Waals surface area contributed by atoms with E-state index in [-0.39, 0.29) is 11.8 Å². The SMILES string of the molecule is CC(C)CC(N)C(=O)NC(CC(C)C)C(=O)NC(CC(N)=O)C(=O)O. The number of nitrogens with one attached hydrogen (secondary N) is 2. The van der Waals surface area contributed by atoms with Gasteiger partial charge in [0.1, 0.15) is 12.1 Å². The predicted molar refractivity (Wildman–Crippen MR) is 92.2 cm³/mol. The van der Waals surface area contributed by atoms with Crippen molar-refractivity contribution in [3.05, 3.63) is 0 Å². The Bertz CT molecular complexity index is 493. The lowest BCUT2D eigenvalue weighted by atomic mass is 10.00. The first kappa shape index (κ1) is 22.8. The Labute approximate surface area is 147 Å². The lowest BCUT2D eigenvalue weighted by Crippen LogP contribution is -2.55. The Morgan fingerprint density at radius 3 is 1.76 bits per heavy atom. The average molecular weight is 358 g/mol. The zero-order valence-electron chi connectivity index (χ0n) is 15.2. The van der Waals surface area contributed by atoms with E-state index >= 15 is 0 Å². The second kappa shape index (κ2) is 10.7. The van der Waals surface area contributed by atoms with Gasteiger partial charge in [-0.3, -0.25) is 14.4 Å². The first-order valence-electron chi connectivity index (χ1n) is 8.31. The smallest absolute Gasteiger partial charge is 0.326 e. The van der Waals surface area contributed by atoms with Crippen LogP contribution in [0.15, 0.2) is 0 Å². The van der Waals surface area contributed by atoms with Gasteiger partial charge in [-0.25, -0.2) is 4.79 Å². The average Bonchev–Trinajstić information content (AvgIpc) is 2.43. The van der Waals surface area contributed by atoms with Crippen LogP contribution in [0, 0.1) is 11.8 Å². The van der Waals surface area contributed by atoms with Crippen LogP contribution in [-0.4, -0.2) is 46.9 Å². The molecule has 0 aliphatic carbocycles. The minimum Gasteiger partial charge on any atom is -0.480 e. The maximum Gasteiger partial charge on any atom is 0.326 e. The first-order valence-corrected chi connectivity index (χ1v) is 8.31. The number of rotatable bonds is 11. The molecular formula is C16H30N4O5. The molecule has 144 valence electrons. The molecule has 0 aromatic heterocycles. The summed E-state index contributed by atoms with van der Waals surface area (Å²) in [5.74, 6) is -3.11. The summed E-state index contributed by atoms with van der Waals surface area (Å²) in [5.41, 5.74) is 10.8. The van der Waals surface area contributed by atoms with E-state index in [1.807, 2.05) is 27.7 Å². The summed E-state index contributed by atoms with van der Waals surface area (Å²) in [7, 11) is 0. The number of nitrogens with two attached hydrogens (primary N) is 2. The van der Waals surface area contributed by atoms with Crippen LogP contribution < -0.4 is 22.1 Å². The van der Waals surface area contributed by atoms with Gasteiger partial charge >= 0.3 is 5.97 Å². The fourth-order valence-electron chi connectivity index (χ4n) is 2.27. The monoisotopic (exact) mass is 358 g/mol. The molecule has 0 radical (unpaired) electrons. The topological polar surface area (TPSA) is 165 Å². The van der Waals surface area contributed by atoms with E-state index < -0.39 is 48.2 Å². The van der Waals surface area contributed by atoms with E-state index in [9.17, 15) is 19.2 Å². The molecule has 0 aromatic rings. The van der Waals surface area contributed by atoms with Crippen LogP contribution in [0.2, 0.25) is 0 Å². The third kappa shape index (κ3) is 9.65. The highest BCUT2D eigenvalue weighted by Gasteiger charge is 2.29. The standard InChI is InChI=1S/C16H30N4O5/c1-8(2)5-10(17)14(22)19-11(6-9(3)4)15(23)20-12(16(24)25)7-13(18)21/h8-12H,5-7,17H2,1-4H3,(H2,18,21)(H,19,22)(H,20,23)(H,24,25). The van der Waals surface area contributed by atoms with Gasteiger partial charge in [0, 0.05) is 0 Å². The molecule has 25 heavy (non-hydrogen) atoms. The predicted octanol–water partition coefficient (Wildman–Crippen LogP) is -0.664. The largest absolute Gasteiger partial charge is 0.480 e. The Morgan fingerprint density at radius 2 is 1.36 bits per heavy atom. The quantitative estimate of drug-likeness (QED) is 0.329. The molecule has 3 atom stereocenters. The molecule has 0 spiro atoms. The first-order chi connectivity index (χ1) is 11.4. The zero-order valence-corrected chi connectivity index (χ0v) is 15.2. The van der Waals surface area contributed by atoms with E-state index in [0.717, 1.165) is 0 Å². The number of carboxylic acid groups (broad SMARTS) is 1. The van der Waals surface area contributed by atoms with Crippen molar-refractivity contribution in [1.82, 2.24) is 10.6 Å². The van der Waals surface area contributed by atoms with Crippen LogP contribution >= 0.6 is 0 Å². The number of hydrogen-bond acceptors (Lipinski definition) is 5. The second-order valence-corrected chi connectivity index (χ2v) is 7.00. The van der Waals surface area contributed by atoms with Gasteiger partial charge in [-0.2, -0.15) is 0 Å². The lowest BCUT2D eigenvalue weighted by molar-refractivity contribution is -0.143. The van der Waals surface area contributed by atoms with Gasteiger partial charge in [-0.05, 0) is 24.7 Å². The van der Waals surface area contributed by atoms with Crippen LogP contribution in [0.3, 0.4) is 0 Å². The molecule has 9 heteroatoms. The molecule has 3 amide bonds. The fourth-order valence-corrected chi connectivity index (χ4v) is 2.27. The number of carbonyl (C=O) groups is 4. The molecule has 3 unspecified atom stereocenters. The normalized spacial score (nSPS) is 14.7. The van der Waals surface area contributed by atoms with E-state index in [1.165, 1.54) is 0 Å². The third-order valence-corrected chi connectivity index (χ3v) is 3.42. The van der Waals surface area contributed by atoms with Crippen molar-refractivity contribution in [1.29, 1.82) is 0 Å². The zero-order chi connectivity index (χ0) is 19.7. The summed E-state index contributed by atoms with van der Waals surface area (Å²) in [5, 5.41) is 13.9. The highest BCUT2D eigenvalue weighted by molar-refractivity contribution is 5.93. The molecule has 9 nitrogen and oxygen atoms in total. The number of amides is 3. The number of carboxylic acids is 1. The molecule has 0 bridgehead atoms. The number of aliphatic carboxylic acids is 1. The summed E-state index contributed by atoms with van der Waals surface area (Å²) < 4.78 is 0. The number of carbonyl (C=O) groups excluding carboxylic acids is 3. The molecule has 0 rings (SSSR count). The van der Waals surface area contributed by atoms with Crippen molar-refractivity contribution in [3.63, 3.8) is 0 Å². The number of primary amides is 1. The molecule has 0 saturated heterocycles. The van der Waals surface area contributed by atoms with Crippen molar-refractivity contribution in [2.75, 3.05) is 0 Å². The van der Waals surface area contributed by atoms with Crippen LogP contribution in [0.4, 0.5) is 0 Å². The highest BCUT2D eigenvalue weighted by atomic mass is 16.4. The van der Waals surface area contributed by atoms with Crippen molar-refractivity contribution in [2.24, 2.45) is 23.3 Å². The van der Waals surface area contributed by atoms with Gasteiger partial charge in [-0.1, -0.05) is 27.7 Å². The van der Waals surface area contributed by atoms with E-state index in [0.29, 0.717) is 12.8 Å². The van der Waals surface area contributed by atoms with Gasteiger partial charge in [0.15, 0.2) is 0 Å². The second-order valence-electron chi connectivity index (χ2n) is 7.00. The third-order valence-electron chi connectivity index (χ3n) is 3.42. The lowest BCUT2D eigenvalue weighted by Gasteiger charge is -2.24. The summed E-state index contributed by atoms with van der Waals surface area (Å²) >= 11 is 0. The maximum absolute atomic E-state index is 12.4. The molecule has 0 saturated carbocycles. The Hall–Kier alpha value is -2.16. The summed E-state index contributed by atoms with van der Waals surface area (Å²) in [6.45, 7) is 7.57. The Morgan fingerprint density at radius 1 is 0.880 bits per heavy atom. The Kier molecular flexibility index (Phi) is 9.73. The fraction of sp³-hybridized carbons (Fsp3) is 0.750. The van der Waals surface area contributed by atoms with Crippen LogP contribution in [0.1, 0.15) is 47.0 Å².